The number of amides is 3. The van der Waals surface area contributed by atoms with Crippen molar-refractivity contribution in [2.45, 2.75) is 32.0 Å². The Hall–Kier alpha value is -2.77. The van der Waals surface area contributed by atoms with Crippen LogP contribution in [0.4, 0.5) is 4.79 Å². The molecular weight excluding hydrogens is 334 g/mol. The van der Waals surface area contributed by atoms with Crippen molar-refractivity contribution in [1.29, 1.82) is 0 Å². The summed E-state index contributed by atoms with van der Waals surface area (Å²) in [6.45, 7) is 3.68. The van der Waals surface area contributed by atoms with Crippen LogP contribution < -0.4 is 15.4 Å². The first-order valence-electron chi connectivity index (χ1n) is 8.95. The smallest absolute Gasteiger partial charge is 0.325 e. The van der Waals surface area contributed by atoms with E-state index in [9.17, 15) is 9.59 Å². The largest absolute Gasteiger partial charge is 0.492 e. The van der Waals surface area contributed by atoms with Gasteiger partial charge in [-0.25, -0.2) is 4.79 Å². The summed E-state index contributed by atoms with van der Waals surface area (Å²) in [6, 6.07) is 8.61. The lowest BCUT2D eigenvalue weighted by Gasteiger charge is -2.35. The second-order valence-corrected chi connectivity index (χ2v) is 6.35. The number of nitrogens with one attached hydrogen (secondary N) is 2. The van der Waals surface area contributed by atoms with E-state index in [4.69, 9.17) is 4.74 Å². The van der Waals surface area contributed by atoms with E-state index in [1.54, 1.807) is 7.05 Å². The van der Waals surface area contributed by atoms with Crippen LogP contribution in [0, 0.1) is 0 Å². The summed E-state index contributed by atoms with van der Waals surface area (Å²) in [6.07, 6.45) is 1.59. The minimum Gasteiger partial charge on any atom is -0.492 e. The van der Waals surface area contributed by atoms with Crippen LogP contribution in [-0.4, -0.2) is 66.6 Å². The van der Waals surface area contributed by atoms with Crippen LogP contribution in [0.15, 0.2) is 35.3 Å². The molecule has 0 spiro atoms. The highest BCUT2D eigenvalue weighted by molar-refractivity contribution is 6.04. The number of likely N-dealkylation sites (N-methyl/N-ethyl adjacent to an activating group) is 1. The fourth-order valence-corrected chi connectivity index (χ4v) is 3.09. The molecule has 2 N–H and O–H groups in total. The van der Waals surface area contributed by atoms with Gasteiger partial charge in [-0.3, -0.25) is 15.1 Å². The van der Waals surface area contributed by atoms with Crippen LogP contribution in [0.1, 0.15) is 19.8 Å². The molecule has 1 aromatic rings. The van der Waals surface area contributed by atoms with Gasteiger partial charge in [-0.05, 0) is 18.6 Å². The van der Waals surface area contributed by atoms with Crippen molar-refractivity contribution in [2.24, 2.45) is 4.99 Å². The van der Waals surface area contributed by atoms with Gasteiger partial charge in [-0.1, -0.05) is 31.5 Å². The van der Waals surface area contributed by atoms with E-state index >= 15 is 0 Å². The van der Waals surface area contributed by atoms with Crippen molar-refractivity contribution in [2.75, 3.05) is 26.7 Å². The van der Waals surface area contributed by atoms with Gasteiger partial charge in [0.05, 0.1) is 6.54 Å². The number of ether oxygens (including phenoxy) is 1. The first kappa shape index (κ1) is 18.0. The molecule has 0 saturated carbocycles. The van der Waals surface area contributed by atoms with E-state index in [1.807, 2.05) is 35.2 Å². The number of benzene rings is 1. The zero-order valence-electron chi connectivity index (χ0n) is 15.1. The number of hydrogen-bond acceptors (Lipinski definition) is 4. The minimum atomic E-state index is -0.516. The molecule has 140 valence electrons. The van der Waals surface area contributed by atoms with E-state index < -0.39 is 18.2 Å². The van der Waals surface area contributed by atoms with Crippen molar-refractivity contribution >= 4 is 17.9 Å². The fraction of sp³-hybridized carbons (Fsp3) is 0.500. The summed E-state index contributed by atoms with van der Waals surface area (Å²) in [4.78, 5) is 32.3. The number of unbranched alkanes of at least 4 members (excludes halogenated alkanes) is 1. The molecule has 2 aliphatic heterocycles. The number of fused-ring (bicyclic) bond motifs is 1. The van der Waals surface area contributed by atoms with E-state index in [0.717, 1.165) is 18.6 Å². The third-order valence-electron chi connectivity index (χ3n) is 4.54. The fourth-order valence-electron chi connectivity index (χ4n) is 3.09. The summed E-state index contributed by atoms with van der Waals surface area (Å²) < 4.78 is 5.77. The van der Waals surface area contributed by atoms with Gasteiger partial charge in [0.15, 0.2) is 12.0 Å². The van der Waals surface area contributed by atoms with Crippen molar-refractivity contribution in [3.05, 3.63) is 30.3 Å². The lowest BCUT2D eigenvalue weighted by molar-refractivity contribution is -0.127. The topological polar surface area (TPSA) is 86.3 Å². The second kappa shape index (κ2) is 8.07. The lowest BCUT2D eigenvalue weighted by atomic mass is 10.1. The van der Waals surface area contributed by atoms with E-state index in [0.29, 0.717) is 25.7 Å². The van der Waals surface area contributed by atoms with Gasteiger partial charge in [-0.2, -0.15) is 0 Å². The average molecular weight is 359 g/mol. The van der Waals surface area contributed by atoms with Crippen LogP contribution in [0.2, 0.25) is 0 Å². The summed E-state index contributed by atoms with van der Waals surface area (Å²) in [5.74, 6) is 1.11. The van der Waals surface area contributed by atoms with E-state index in [-0.39, 0.29) is 5.91 Å². The van der Waals surface area contributed by atoms with Crippen molar-refractivity contribution in [3.8, 4) is 5.75 Å². The molecule has 0 radical (unpaired) electrons. The number of para-hydroxylation sites is 1. The molecule has 2 unspecified atom stereocenters. The van der Waals surface area contributed by atoms with Crippen LogP contribution >= 0.6 is 0 Å². The predicted molar refractivity (Wildman–Crippen MR) is 97.9 cm³/mol. The molecular formula is C18H25N5O3. The molecule has 3 amide bonds. The predicted octanol–water partition coefficient (Wildman–Crippen LogP) is 1.00. The summed E-state index contributed by atoms with van der Waals surface area (Å²) >= 11 is 0. The van der Waals surface area contributed by atoms with Crippen LogP contribution in [0.25, 0.3) is 0 Å². The summed E-state index contributed by atoms with van der Waals surface area (Å²) in [5.41, 5.74) is 0. The Bertz CT molecular complexity index is 679. The Kier molecular flexibility index (Phi) is 5.60. The number of rotatable bonds is 7. The molecule has 8 heteroatoms. The normalized spacial score (nSPS) is 23.7. The lowest BCUT2D eigenvalue weighted by Crippen LogP contribution is -2.65. The van der Waals surface area contributed by atoms with Gasteiger partial charge in [0.1, 0.15) is 18.5 Å². The first-order valence-corrected chi connectivity index (χ1v) is 8.95. The Balaban J connectivity index is 1.72. The summed E-state index contributed by atoms with van der Waals surface area (Å²) in [7, 11) is 1.67. The molecule has 2 fully saturated rings. The van der Waals surface area contributed by atoms with Gasteiger partial charge in [0, 0.05) is 13.6 Å². The van der Waals surface area contributed by atoms with Crippen LogP contribution in [0.5, 0.6) is 5.75 Å². The number of imide groups is 1. The third-order valence-corrected chi connectivity index (χ3v) is 4.54. The number of hydrogen-bond donors (Lipinski definition) is 2. The highest BCUT2D eigenvalue weighted by Gasteiger charge is 2.49. The maximum absolute atomic E-state index is 12.4. The average Bonchev–Trinajstić information content (AvgIpc) is 3.00. The van der Waals surface area contributed by atoms with Gasteiger partial charge >= 0.3 is 6.03 Å². The molecule has 0 aliphatic carbocycles. The van der Waals surface area contributed by atoms with Gasteiger partial charge in [0.2, 0.25) is 0 Å². The van der Waals surface area contributed by atoms with Crippen molar-refractivity contribution in [3.63, 3.8) is 0 Å². The van der Waals surface area contributed by atoms with E-state index in [2.05, 4.69) is 22.5 Å². The Morgan fingerprint density at radius 2 is 2.00 bits per heavy atom. The molecule has 3 rings (SSSR count). The molecule has 26 heavy (non-hydrogen) atoms. The molecule has 2 atom stereocenters. The van der Waals surface area contributed by atoms with Crippen molar-refractivity contribution in [1.82, 2.24) is 20.4 Å². The van der Waals surface area contributed by atoms with Gasteiger partial charge in [0.25, 0.3) is 5.91 Å². The monoisotopic (exact) mass is 359 g/mol. The number of aliphatic imine (C=N–C) groups is 1. The highest BCUT2D eigenvalue weighted by Crippen LogP contribution is 2.20. The first-order chi connectivity index (χ1) is 12.6. The van der Waals surface area contributed by atoms with Gasteiger partial charge < -0.3 is 19.9 Å². The molecule has 8 nitrogen and oxygen atoms in total. The number of guanidine groups is 1. The SMILES string of the molecule is CCCCN=C1NC2C(C(=O)NC(=O)N2C)N1CCOc1ccccc1. The maximum atomic E-state index is 12.4. The van der Waals surface area contributed by atoms with Crippen molar-refractivity contribution < 1.29 is 14.3 Å². The van der Waals surface area contributed by atoms with Gasteiger partial charge in [-0.15, -0.1) is 0 Å². The van der Waals surface area contributed by atoms with E-state index in [1.165, 1.54) is 4.90 Å². The Morgan fingerprint density at radius 1 is 1.23 bits per heavy atom. The second-order valence-electron chi connectivity index (χ2n) is 6.35. The molecule has 2 heterocycles. The standard InChI is InChI=1S/C18H25N5O3/c1-3-4-10-19-17-20-15-14(16(24)21-18(25)22(15)2)23(17)11-12-26-13-8-6-5-7-9-13/h5-9,14-15H,3-4,10-12H2,1-2H3,(H,19,20)(H,21,24,25). The Labute approximate surface area is 153 Å². The summed E-state index contributed by atoms with van der Waals surface area (Å²) in [5, 5.41) is 5.62. The number of urea groups is 1. The zero-order chi connectivity index (χ0) is 18.5. The third kappa shape index (κ3) is 3.74. The quantitative estimate of drug-likeness (QED) is 0.710. The maximum Gasteiger partial charge on any atom is 0.325 e. The Morgan fingerprint density at radius 3 is 2.73 bits per heavy atom. The number of carbonyl (C=O) groups is 2. The number of nitrogens with zero attached hydrogens (tertiary/aromatic N) is 3. The molecule has 2 aliphatic rings. The highest BCUT2D eigenvalue weighted by atomic mass is 16.5. The van der Waals surface area contributed by atoms with Crippen LogP contribution in [0.3, 0.4) is 0 Å². The number of carbonyl (C=O) groups excluding carboxylic acids is 2. The molecule has 2 saturated heterocycles. The molecule has 0 bridgehead atoms. The zero-order valence-corrected chi connectivity index (χ0v) is 15.1. The molecule has 1 aromatic carbocycles. The minimum absolute atomic E-state index is 0.314. The van der Waals surface area contributed by atoms with Crippen LogP contribution in [-0.2, 0) is 4.79 Å². The molecule has 0 aromatic heterocycles.